The van der Waals surface area contributed by atoms with Crippen molar-refractivity contribution in [1.82, 2.24) is 5.43 Å². The first-order valence-electron chi connectivity index (χ1n) is 9.85. The molecule has 1 aliphatic carbocycles. The molecule has 1 heterocycles. The Morgan fingerprint density at radius 3 is 2.62 bits per heavy atom. The van der Waals surface area contributed by atoms with Gasteiger partial charge in [0, 0.05) is 22.6 Å². The maximum atomic E-state index is 13.8. The van der Waals surface area contributed by atoms with E-state index in [1.54, 1.807) is 25.1 Å². The second kappa shape index (κ2) is 9.14. The summed E-state index contributed by atoms with van der Waals surface area (Å²) in [7, 11) is 0. The predicted octanol–water partition coefficient (Wildman–Crippen LogP) is 5.76. The van der Waals surface area contributed by atoms with Crippen LogP contribution in [0.4, 0.5) is 10.1 Å². The number of nitrogens with zero attached hydrogens (tertiary/aromatic N) is 1. The molecule has 4 rings (SSSR count). The molecule has 6 nitrogen and oxygen atoms in total. The van der Waals surface area contributed by atoms with E-state index in [9.17, 15) is 14.0 Å². The molecular formula is C23H18Cl2FN3O3. The zero-order valence-corrected chi connectivity index (χ0v) is 18.5. The molecule has 32 heavy (non-hydrogen) atoms. The van der Waals surface area contributed by atoms with Gasteiger partial charge in [0.15, 0.2) is 5.76 Å². The number of hydrazone groups is 1. The average molecular weight is 474 g/mol. The SMILES string of the molecule is Cc1c(C(=O)Nc2ccc(Cl)cc2Cl)oc2c1/C(=N/NC(=O)c1ccccc1F)CCC2. The number of halogens is 3. The summed E-state index contributed by atoms with van der Waals surface area (Å²) in [6.07, 6.45) is 1.94. The third kappa shape index (κ3) is 4.40. The van der Waals surface area contributed by atoms with Crippen molar-refractivity contribution in [2.24, 2.45) is 5.10 Å². The van der Waals surface area contributed by atoms with Crippen LogP contribution in [0.1, 0.15) is 50.6 Å². The third-order valence-corrected chi connectivity index (χ3v) is 5.67. The number of aryl methyl sites for hydroxylation is 1. The van der Waals surface area contributed by atoms with E-state index in [-0.39, 0.29) is 11.3 Å². The highest BCUT2D eigenvalue weighted by molar-refractivity contribution is 6.36. The number of nitrogens with one attached hydrogen (secondary N) is 2. The van der Waals surface area contributed by atoms with Gasteiger partial charge in [-0.3, -0.25) is 9.59 Å². The number of carbonyl (C=O) groups is 2. The van der Waals surface area contributed by atoms with Crippen molar-refractivity contribution in [2.45, 2.75) is 26.2 Å². The molecule has 1 aliphatic rings. The number of anilines is 1. The van der Waals surface area contributed by atoms with Crippen LogP contribution in [0.5, 0.6) is 0 Å². The quantitative estimate of drug-likeness (QED) is 0.472. The number of benzene rings is 2. The Hall–Kier alpha value is -3.16. The Kier molecular flexibility index (Phi) is 6.30. The summed E-state index contributed by atoms with van der Waals surface area (Å²) in [6.45, 7) is 1.75. The van der Waals surface area contributed by atoms with Crippen molar-refractivity contribution in [3.05, 3.63) is 86.5 Å². The van der Waals surface area contributed by atoms with E-state index < -0.39 is 17.6 Å². The van der Waals surface area contributed by atoms with E-state index in [0.29, 0.717) is 51.2 Å². The monoisotopic (exact) mass is 473 g/mol. The Bertz CT molecular complexity index is 1250. The highest BCUT2D eigenvalue weighted by atomic mass is 35.5. The number of fused-ring (bicyclic) bond motifs is 1. The lowest BCUT2D eigenvalue weighted by atomic mass is 9.93. The minimum Gasteiger partial charge on any atom is -0.455 e. The molecule has 0 bridgehead atoms. The van der Waals surface area contributed by atoms with Crippen molar-refractivity contribution in [3.63, 3.8) is 0 Å². The van der Waals surface area contributed by atoms with Crippen LogP contribution in [-0.4, -0.2) is 17.5 Å². The van der Waals surface area contributed by atoms with E-state index in [4.69, 9.17) is 27.6 Å². The van der Waals surface area contributed by atoms with Crippen LogP contribution in [-0.2, 0) is 6.42 Å². The molecule has 2 amide bonds. The van der Waals surface area contributed by atoms with E-state index in [0.717, 1.165) is 6.42 Å². The summed E-state index contributed by atoms with van der Waals surface area (Å²) in [5.74, 6) is -1.00. The number of carbonyl (C=O) groups excluding carboxylic acids is 2. The molecule has 164 valence electrons. The summed E-state index contributed by atoms with van der Waals surface area (Å²) in [4.78, 5) is 25.1. The Labute approximate surface area is 193 Å². The molecule has 9 heteroatoms. The molecule has 3 aromatic rings. The lowest BCUT2D eigenvalue weighted by Gasteiger charge is -2.13. The van der Waals surface area contributed by atoms with Gasteiger partial charge >= 0.3 is 0 Å². The standard InChI is InChI=1S/C23H18Cl2FN3O3/c1-12-20-18(28-29-22(30)14-5-2-3-6-16(14)26)7-4-8-19(20)32-21(12)23(31)27-17-10-9-13(24)11-15(17)25/h2-3,5-6,9-11H,4,7-8H2,1H3,(H,27,31)(H,29,30)/b28-18+. The highest BCUT2D eigenvalue weighted by Gasteiger charge is 2.28. The van der Waals surface area contributed by atoms with Gasteiger partial charge < -0.3 is 9.73 Å². The molecule has 0 saturated heterocycles. The summed E-state index contributed by atoms with van der Waals surface area (Å²) >= 11 is 12.0. The van der Waals surface area contributed by atoms with E-state index >= 15 is 0 Å². The van der Waals surface area contributed by atoms with Gasteiger partial charge in [0.2, 0.25) is 0 Å². The molecule has 0 radical (unpaired) electrons. The molecule has 0 fully saturated rings. The summed E-state index contributed by atoms with van der Waals surface area (Å²) in [5, 5.41) is 7.69. The van der Waals surface area contributed by atoms with Crippen LogP contribution in [0.25, 0.3) is 0 Å². The molecule has 2 N–H and O–H groups in total. The zero-order chi connectivity index (χ0) is 22.8. The largest absolute Gasteiger partial charge is 0.455 e. The van der Waals surface area contributed by atoms with Crippen molar-refractivity contribution < 1.29 is 18.4 Å². The fourth-order valence-corrected chi connectivity index (χ4v) is 4.05. The number of hydrogen-bond donors (Lipinski definition) is 2. The lowest BCUT2D eigenvalue weighted by molar-refractivity contribution is 0.0949. The zero-order valence-electron chi connectivity index (χ0n) is 17.0. The third-order valence-electron chi connectivity index (χ3n) is 5.12. The second-order valence-corrected chi connectivity index (χ2v) is 8.11. The van der Waals surface area contributed by atoms with Crippen LogP contribution in [0.3, 0.4) is 0 Å². The molecule has 1 aromatic heterocycles. The van der Waals surface area contributed by atoms with Crippen molar-refractivity contribution in [1.29, 1.82) is 0 Å². The van der Waals surface area contributed by atoms with Crippen LogP contribution in [0.15, 0.2) is 52.0 Å². The number of hydrogen-bond acceptors (Lipinski definition) is 4. The fourth-order valence-electron chi connectivity index (χ4n) is 3.59. The number of furan rings is 1. The summed E-state index contributed by atoms with van der Waals surface area (Å²) < 4.78 is 19.7. The van der Waals surface area contributed by atoms with Gasteiger partial charge in [0.1, 0.15) is 11.6 Å². The molecule has 0 saturated carbocycles. The van der Waals surface area contributed by atoms with Crippen molar-refractivity contribution in [2.75, 3.05) is 5.32 Å². The Morgan fingerprint density at radius 1 is 1.09 bits per heavy atom. The van der Waals surface area contributed by atoms with Gasteiger partial charge in [-0.1, -0.05) is 35.3 Å². The van der Waals surface area contributed by atoms with Gasteiger partial charge in [-0.2, -0.15) is 5.10 Å². The average Bonchev–Trinajstić information content (AvgIpc) is 3.11. The Balaban J connectivity index is 1.58. The second-order valence-electron chi connectivity index (χ2n) is 7.27. The molecular weight excluding hydrogens is 456 g/mol. The van der Waals surface area contributed by atoms with Crippen molar-refractivity contribution >= 4 is 46.4 Å². The van der Waals surface area contributed by atoms with Gasteiger partial charge in [-0.25, -0.2) is 9.82 Å². The van der Waals surface area contributed by atoms with Crippen LogP contribution in [0.2, 0.25) is 10.0 Å². The van der Waals surface area contributed by atoms with E-state index in [1.165, 1.54) is 24.3 Å². The number of amides is 2. The molecule has 0 spiro atoms. The first-order chi connectivity index (χ1) is 15.3. The summed E-state index contributed by atoms with van der Waals surface area (Å²) in [6, 6.07) is 10.4. The van der Waals surface area contributed by atoms with Crippen molar-refractivity contribution in [3.8, 4) is 0 Å². The van der Waals surface area contributed by atoms with E-state index in [1.807, 2.05) is 0 Å². The number of rotatable bonds is 4. The van der Waals surface area contributed by atoms with Crippen LogP contribution < -0.4 is 10.7 Å². The van der Waals surface area contributed by atoms with E-state index in [2.05, 4.69) is 15.8 Å². The maximum absolute atomic E-state index is 13.8. The molecule has 0 atom stereocenters. The van der Waals surface area contributed by atoms with Crippen LogP contribution >= 0.6 is 23.2 Å². The first kappa shape index (κ1) is 22.0. The van der Waals surface area contributed by atoms with Gasteiger partial charge in [0.05, 0.1) is 22.0 Å². The molecule has 0 unspecified atom stereocenters. The van der Waals surface area contributed by atoms with Gasteiger partial charge in [0.25, 0.3) is 11.8 Å². The normalized spacial score (nSPS) is 14.2. The fraction of sp³-hybridized carbons (Fsp3) is 0.174. The topological polar surface area (TPSA) is 83.7 Å². The minimum atomic E-state index is -0.654. The predicted molar refractivity (Wildman–Crippen MR) is 121 cm³/mol. The van der Waals surface area contributed by atoms with Gasteiger partial charge in [-0.05, 0) is 50.1 Å². The molecule has 2 aromatic carbocycles. The maximum Gasteiger partial charge on any atom is 0.291 e. The highest BCUT2D eigenvalue weighted by Crippen LogP contribution is 2.31. The van der Waals surface area contributed by atoms with Gasteiger partial charge in [-0.15, -0.1) is 0 Å². The summed E-state index contributed by atoms with van der Waals surface area (Å²) in [5.41, 5.74) is 4.56. The Morgan fingerprint density at radius 2 is 1.88 bits per heavy atom. The first-order valence-corrected chi connectivity index (χ1v) is 10.6. The van der Waals surface area contributed by atoms with Crippen LogP contribution in [0, 0.1) is 12.7 Å². The lowest BCUT2D eigenvalue weighted by Crippen LogP contribution is -2.23. The smallest absolute Gasteiger partial charge is 0.291 e. The minimum absolute atomic E-state index is 0.100. The molecule has 0 aliphatic heterocycles.